The fourth-order valence-electron chi connectivity index (χ4n) is 6.37. The molecule has 3 nitrogen and oxygen atoms in total. The number of rotatable bonds is 1. The number of aromatic nitrogens is 1. The highest BCUT2D eigenvalue weighted by molar-refractivity contribution is 7.26. The number of hydrogen-bond donors (Lipinski definition) is 2. The molecule has 2 unspecified atom stereocenters. The van der Waals surface area contributed by atoms with Gasteiger partial charge in [-0.05, 0) is 29.3 Å². The van der Waals surface area contributed by atoms with E-state index in [4.69, 9.17) is 0 Å². The van der Waals surface area contributed by atoms with Crippen molar-refractivity contribution in [3.8, 4) is 0 Å². The molecule has 170 valence electrons. The van der Waals surface area contributed by atoms with Crippen molar-refractivity contribution >= 4 is 75.8 Å². The summed E-state index contributed by atoms with van der Waals surface area (Å²) in [5.41, 5.74) is 6.31. The molecule has 2 N–H and O–H groups in total. The average Bonchev–Trinajstić information content (AvgIpc) is 3.58. The molecule has 0 amide bonds. The van der Waals surface area contributed by atoms with Crippen molar-refractivity contribution in [3.05, 3.63) is 109 Å². The van der Waals surface area contributed by atoms with Crippen LogP contribution in [0.5, 0.6) is 0 Å². The highest BCUT2D eigenvalue weighted by atomic mass is 32.1. The van der Waals surface area contributed by atoms with Crippen molar-refractivity contribution in [1.82, 2.24) is 4.40 Å². The van der Waals surface area contributed by atoms with Gasteiger partial charge in [-0.1, -0.05) is 85.0 Å². The highest BCUT2D eigenvalue weighted by Crippen LogP contribution is 2.51. The fraction of sp³-hybridized carbons (Fsp3) is 0.0625. The Morgan fingerprint density at radius 3 is 2.44 bits per heavy atom. The Labute approximate surface area is 211 Å². The van der Waals surface area contributed by atoms with Gasteiger partial charge in [0.05, 0.1) is 28.8 Å². The number of allylic oxidation sites excluding steroid dienone is 2. The molecule has 1 aliphatic carbocycles. The van der Waals surface area contributed by atoms with E-state index in [1.807, 2.05) is 11.3 Å². The first-order valence-electron chi connectivity index (χ1n) is 12.5. The van der Waals surface area contributed by atoms with Crippen LogP contribution in [0, 0.1) is 0 Å². The fourth-order valence-corrected chi connectivity index (χ4v) is 7.61. The third-order valence-electron chi connectivity index (χ3n) is 7.96. The molecule has 4 heteroatoms. The summed E-state index contributed by atoms with van der Waals surface area (Å²) in [7, 11) is 0. The number of nitrogens with one attached hydrogen (secondary N) is 2. The van der Waals surface area contributed by atoms with E-state index in [9.17, 15) is 0 Å². The Balaban J connectivity index is 1.37. The average molecular weight is 480 g/mol. The van der Waals surface area contributed by atoms with Crippen LogP contribution in [0.2, 0.25) is 0 Å². The van der Waals surface area contributed by atoms with Crippen LogP contribution in [0.25, 0.3) is 52.9 Å². The second kappa shape index (κ2) is 6.68. The standard InChI is InChI=1S/C32H21N3S/c1-2-8-18(9-3-1)19-14-15-24-25(16-19)34-32-29(33-24)28-30-22(20-10-4-6-12-26(20)35(30)32)17-23-21-11-5-7-13-27(21)36-31(23)28/h1-17,24-25,33-34H. The summed E-state index contributed by atoms with van der Waals surface area (Å²) in [4.78, 5) is 0. The summed E-state index contributed by atoms with van der Waals surface area (Å²) in [5, 5.41) is 14.6. The van der Waals surface area contributed by atoms with E-state index in [-0.39, 0.29) is 12.1 Å². The quantitative estimate of drug-likeness (QED) is 0.248. The zero-order chi connectivity index (χ0) is 23.4. The van der Waals surface area contributed by atoms with Crippen molar-refractivity contribution in [2.24, 2.45) is 0 Å². The highest BCUT2D eigenvalue weighted by Gasteiger charge is 2.33. The van der Waals surface area contributed by atoms with Crippen molar-refractivity contribution in [1.29, 1.82) is 0 Å². The van der Waals surface area contributed by atoms with Crippen molar-refractivity contribution in [2.45, 2.75) is 12.1 Å². The van der Waals surface area contributed by atoms with Gasteiger partial charge < -0.3 is 10.6 Å². The second-order valence-corrected chi connectivity index (χ2v) is 10.9. The minimum atomic E-state index is 0.173. The number of nitrogens with zero attached hydrogens (tertiary/aromatic N) is 1. The van der Waals surface area contributed by atoms with Gasteiger partial charge in [0, 0.05) is 36.3 Å². The van der Waals surface area contributed by atoms with Gasteiger partial charge in [-0.2, -0.15) is 0 Å². The lowest BCUT2D eigenvalue weighted by Crippen LogP contribution is -2.42. The Kier molecular flexibility index (Phi) is 3.52. The van der Waals surface area contributed by atoms with Gasteiger partial charge in [0.25, 0.3) is 0 Å². The molecular weight excluding hydrogens is 458 g/mol. The Hall–Kier alpha value is -4.28. The van der Waals surface area contributed by atoms with E-state index in [0.717, 1.165) is 0 Å². The first-order valence-corrected chi connectivity index (χ1v) is 13.3. The molecule has 2 atom stereocenters. The zero-order valence-corrected chi connectivity index (χ0v) is 20.1. The number of para-hydroxylation sites is 1. The maximum Gasteiger partial charge on any atom is 0.136 e. The molecule has 3 aromatic heterocycles. The third kappa shape index (κ3) is 2.32. The molecule has 2 aliphatic rings. The lowest BCUT2D eigenvalue weighted by molar-refractivity contribution is 0.762. The van der Waals surface area contributed by atoms with Crippen LogP contribution in [0.1, 0.15) is 5.56 Å². The summed E-state index contributed by atoms with van der Waals surface area (Å²) < 4.78 is 5.17. The van der Waals surface area contributed by atoms with Crippen molar-refractivity contribution in [3.63, 3.8) is 0 Å². The maximum atomic E-state index is 3.96. The van der Waals surface area contributed by atoms with E-state index in [2.05, 4.69) is 118 Å². The molecule has 0 fully saturated rings. The van der Waals surface area contributed by atoms with Crippen LogP contribution >= 0.6 is 11.3 Å². The van der Waals surface area contributed by atoms with Crippen LogP contribution in [-0.4, -0.2) is 16.5 Å². The van der Waals surface area contributed by atoms with E-state index in [0.29, 0.717) is 0 Å². The van der Waals surface area contributed by atoms with Gasteiger partial charge in [-0.3, -0.25) is 4.40 Å². The van der Waals surface area contributed by atoms with Gasteiger partial charge in [-0.15, -0.1) is 11.3 Å². The van der Waals surface area contributed by atoms with Crippen molar-refractivity contribution < 1.29 is 0 Å². The summed E-state index contributed by atoms with van der Waals surface area (Å²) in [5.74, 6) is 1.17. The first-order chi connectivity index (χ1) is 17.8. The predicted molar refractivity (Wildman–Crippen MR) is 155 cm³/mol. The first kappa shape index (κ1) is 19.0. The van der Waals surface area contributed by atoms with E-state index >= 15 is 0 Å². The smallest absolute Gasteiger partial charge is 0.136 e. The van der Waals surface area contributed by atoms with Gasteiger partial charge in [0.2, 0.25) is 0 Å². The van der Waals surface area contributed by atoms with Crippen LogP contribution in [0.3, 0.4) is 0 Å². The normalized spacial score (nSPS) is 19.1. The molecular formula is C32H21N3S. The summed E-state index contributed by atoms with van der Waals surface area (Å²) in [6, 6.07) is 31.1. The lowest BCUT2D eigenvalue weighted by Gasteiger charge is -2.34. The summed E-state index contributed by atoms with van der Waals surface area (Å²) in [6.45, 7) is 0. The number of fused-ring (bicyclic) bond motifs is 11. The zero-order valence-electron chi connectivity index (χ0n) is 19.3. The van der Waals surface area contributed by atoms with E-state index in [1.54, 1.807) is 0 Å². The van der Waals surface area contributed by atoms with E-state index in [1.165, 1.54) is 70.0 Å². The molecule has 0 radical (unpaired) electrons. The third-order valence-corrected chi connectivity index (χ3v) is 9.17. The molecule has 1 aliphatic heterocycles. The summed E-state index contributed by atoms with van der Waals surface area (Å²) >= 11 is 1.91. The number of thiophene rings is 1. The van der Waals surface area contributed by atoms with Crippen LogP contribution < -0.4 is 10.6 Å². The maximum absolute atomic E-state index is 3.96. The van der Waals surface area contributed by atoms with Crippen LogP contribution in [-0.2, 0) is 0 Å². The molecule has 0 spiro atoms. The molecule has 0 saturated heterocycles. The number of benzene rings is 4. The molecule has 4 heterocycles. The summed E-state index contributed by atoms with van der Waals surface area (Å²) in [6.07, 6.45) is 6.95. The molecule has 36 heavy (non-hydrogen) atoms. The second-order valence-electron chi connectivity index (χ2n) is 9.89. The number of anilines is 2. The van der Waals surface area contributed by atoms with Gasteiger partial charge in [0.15, 0.2) is 0 Å². The van der Waals surface area contributed by atoms with Gasteiger partial charge in [-0.25, -0.2) is 0 Å². The Bertz CT molecular complexity index is 2060. The lowest BCUT2D eigenvalue weighted by atomic mass is 9.92. The minimum Gasteiger partial charge on any atom is -0.373 e. The number of hydrogen-bond acceptors (Lipinski definition) is 3. The monoisotopic (exact) mass is 479 g/mol. The van der Waals surface area contributed by atoms with Gasteiger partial charge >= 0.3 is 0 Å². The Morgan fingerprint density at radius 1 is 0.722 bits per heavy atom. The Morgan fingerprint density at radius 2 is 1.53 bits per heavy atom. The largest absolute Gasteiger partial charge is 0.373 e. The predicted octanol–water partition coefficient (Wildman–Crippen LogP) is 8.28. The molecule has 9 rings (SSSR count). The van der Waals surface area contributed by atoms with E-state index < -0.39 is 0 Å². The molecule has 7 aromatic rings. The van der Waals surface area contributed by atoms with Crippen molar-refractivity contribution in [2.75, 3.05) is 10.6 Å². The topological polar surface area (TPSA) is 28.5 Å². The minimum absolute atomic E-state index is 0.173. The van der Waals surface area contributed by atoms with Gasteiger partial charge in [0.1, 0.15) is 5.82 Å². The van der Waals surface area contributed by atoms with Crippen LogP contribution in [0.4, 0.5) is 11.5 Å². The molecule has 4 aromatic carbocycles. The molecule has 0 saturated carbocycles. The molecule has 0 bridgehead atoms. The SMILES string of the molecule is C1=CC2Nc3c(n4c5ccccc5c5cc6c7ccccc7sc6c3c54)NC2C=C1c1ccccc1. The van der Waals surface area contributed by atoms with Crippen LogP contribution in [0.15, 0.2) is 103 Å².